The van der Waals surface area contributed by atoms with E-state index >= 15 is 0 Å². The summed E-state index contributed by atoms with van der Waals surface area (Å²) in [5.74, 6) is 0.278. The SMILES string of the molecule is NC(=O)c1ccnn1CC1CCCCC1. The van der Waals surface area contributed by atoms with Gasteiger partial charge in [-0.2, -0.15) is 5.10 Å². The van der Waals surface area contributed by atoms with E-state index in [2.05, 4.69) is 5.10 Å². The van der Waals surface area contributed by atoms with Crippen molar-refractivity contribution in [1.82, 2.24) is 9.78 Å². The standard InChI is InChI=1S/C11H17N3O/c12-11(15)10-6-7-13-14(10)8-9-4-2-1-3-5-9/h6-7,9H,1-5,8H2,(H2,12,15). The molecular weight excluding hydrogens is 190 g/mol. The molecule has 1 aliphatic carbocycles. The molecule has 2 N–H and O–H groups in total. The van der Waals surface area contributed by atoms with Gasteiger partial charge in [-0.25, -0.2) is 0 Å². The van der Waals surface area contributed by atoms with E-state index < -0.39 is 0 Å². The number of amides is 1. The molecule has 0 saturated heterocycles. The van der Waals surface area contributed by atoms with Crippen LogP contribution < -0.4 is 5.73 Å². The Morgan fingerprint density at radius 3 is 2.87 bits per heavy atom. The van der Waals surface area contributed by atoms with Crippen LogP contribution in [0.4, 0.5) is 0 Å². The van der Waals surface area contributed by atoms with E-state index in [0.717, 1.165) is 6.54 Å². The highest BCUT2D eigenvalue weighted by atomic mass is 16.1. The molecule has 0 unspecified atom stereocenters. The van der Waals surface area contributed by atoms with E-state index in [4.69, 9.17) is 5.73 Å². The monoisotopic (exact) mass is 207 g/mol. The number of hydrogen-bond donors (Lipinski definition) is 1. The van der Waals surface area contributed by atoms with Crippen LogP contribution in [0.3, 0.4) is 0 Å². The number of nitrogens with two attached hydrogens (primary N) is 1. The highest BCUT2D eigenvalue weighted by molar-refractivity contribution is 5.90. The third-order valence-corrected chi connectivity index (χ3v) is 3.12. The Kier molecular flexibility index (Phi) is 3.04. The molecular formula is C11H17N3O. The summed E-state index contributed by atoms with van der Waals surface area (Å²) < 4.78 is 1.75. The van der Waals surface area contributed by atoms with Crippen molar-refractivity contribution in [3.63, 3.8) is 0 Å². The highest BCUT2D eigenvalue weighted by Crippen LogP contribution is 2.25. The Bertz CT molecular complexity index is 339. The Morgan fingerprint density at radius 1 is 1.47 bits per heavy atom. The normalized spacial score (nSPS) is 17.9. The van der Waals surface area contributed by atoms with Crippen LogP contribution >= 0.6 is 0 Å². The van der Waals surface area contributed by atoms with Crippen molar-refractivity contribution in [2.45, 2.75) is 38.6 Å². The molecule has 1 amide bonds. The summed E-state index contributed by atoms with van der Waals surface area (Å²) in [7, 11) is 0. The Labute approximate surface area is 89.5 Å². The molecule has 1 aromatic heterocycles. The molecule has 4 heteroatoms. The van der Waals surface area contributed by atoms with Gasteiger partial charge in [0.15, 0.2) is 0 Å². The summed E-state index contributed by atoms with van der Waals surface area (Å²) >= 11 is 0. The molecule has 1 heterocycles. The van der Waals surface area contributed by atoms with Gasteiger partial charge in [0.25, 0.3) is 5.91 Å². The minimum atomic E-state index is -0.386. The van der Waals surface area contributed by atoms with E-state index in [-0.39, 0.29) is 5.91 Å². The quantitative estimate of drug-likeness (QED) is 0.817. The molecule has 0 aromatic carbocycles. The van der Waals surface area contributed by atoms with Gasteiger partial charge in [0, 0.05) is 12.7 Å². The number of carbonyl (C=O) groups excluding carboxylic acids is 1. The lowest BCUT2D eigenvalue weighted by Gasteiger charge is -2.21. The fraction of sp³-hybridized carbons (Fsp3) is 0.636. The van der Waals surface area contributed by atoms with Crippen LogP contribution in [-0.4, -0.2) is 15.7 Å². The number of aromatic nitrogens is 2. The maximum atomic E-state index is 11.1. The molecule has 4 nitrogen and oxygen atoms in total. The lowest BCUT2D eigenvalue weighted by molar-refractivity contribution is 0.0988. The van der Waals surface area contributed by atoms with Gasteiger partial charge >= 0.3 is 0 Å². The maximum absolute atomic E-state index is 11.1. The number of carbonyl (C=O) groups is 1. The van der Waals surface area contributed by atoms with E-state index in [9.17, 15) is 4.79 Å². The zero-order valence-corrected chi connectivity index (χ0v) is 8.85. The van der Waals surface area contributed by atoms with E-state index in [1.54, 1.807) is 16.9 Å². The molecule has 0 bridgehead atoms. The fourth-order valence-electron chi connectivity index (χ4n) is 2.30. The smallest absolute Gasteiger partial charge is 0.266 e. The summed E-state index contributed by atoms with van der Waals surface area (Å²) in [4.78, 5) is 11.1. The lowest BCUT2D eigenvalue weighted by atomic mass is 9.89. The van der Waals surface area contributed by atoms with Crippen LogP contribution in [0.1, 0.15) is 42.6 Å². The second-order valence-electron chi connectivity index (χ2n) is 4.27. The van der Waals surface area contributed by atoms with Crippen LogP contribution in [0.5, 0.6) is 0 Å². The second-order valence-corrected chi connectivity index (χ2v) is 4.27. The molecule has 0 spiro atoms. The van der Waals surface area contributed by atoms with Gasteiger partial charge in [-0.3, -0.25) is 9.48 Å². The number of nitrogens with zero attached hydrogens (tertiary/aromatic N) is 2. The molecule has 15 heavy (non-hydrogen) atoms. The first-order valence-electron chi connectivity index (χ1n) is 5.59. The van der Waals surface area contributed by atoms with Gasteiger partial charge in [-0.1, -0.05) is 19.3 Å². The summed E-state index contributed by atoms with van der Waals surface area (Å²) in [5.41, 5.74) is 5.79. The van der Waals surface area contributed by atoms with Crippen molar-refractivity contribution in [2.24, 2.45) is 11.7 Å². The fourth-order valence-corrected chi connectivity index (χ4v) is 2.30. The van der Waals surface area contributed by atoms with Crippen molar-refractivity contribution in [3.05, 3.63) is 18.0 Å². The topological polar surface area (TPSA) is 60.9 Å². The van der Waals surface area contributed by atoms with Crippen LogP contribution in [0.15, 0.2) is 12.3 Å². The molecule has 0 radical (unpaired) electrons. The van der Waals surface area contributed by atoms with Crippen LogP contribution in [0.25, 0.3) is 0 Å². The minimum absolute atomic E-state index is 0.386. The first kappa shape index (κ1) is 10.2. The largest absolute Gasteiger partial charge is 0.364 e. The molecule has 0 atom stereocenters. The number of hydrogen-bond acceptors (Lipinski definition) is 2. The Morgan fingerprint density at radius 2 is 2.20 bits per heavy atom. The zero-order valence-electron chi connectivity index (χ0n) is 8.85. The predicted molar refractivity (Wildman–Crippen MR) is 57.3 cm³/mol. The molecule has 2 rings (SSSR count). The van der Waals surface area contributed by atoms with E-state index in [1.165, 1.54) is 32.1 Å². The van der Waals surface area contributed by atoms with Gasteiger partial charge < -0.3 is 5.73 Å². The molecule has 0 aliphatic heterocycles. The first-order chi connectivity index (χ1) is 7.27. The summed E-state index contributed by atoms with van der Waals surface area (Å²) in [5, 5.41) is 4.15. The van der Waals surface area contributed by atoms with Crippen molar-refractivity contribution < 1.29 is 4.79 Å². The molecule has 1 fully saturated rings. The van der Waals surface area contributed by atoms with Crippen molar-refractivity contribution in [1.29, 1.82) is 0 Å². The maximum Gasteiger partial charge on any atom is 0.266 e. The predicted octanol–water partition coefficient (Wildman–Crippen LogP) is 1.56. The van der Waals surface area contributed by atoms with Gasteiger partial charge in [0.05, 0.1) is 0 Å². The van der Waals surface area contributed by atoms with Crippen LogP contribution in [0.2, 0.25) is 0 Å². The molecule has 1 saturated carbocycles. The summed E-state index contributed by atoms with van der Waals surface area (Å²) in [6.45, 7) is 0.839. The lowest BCUT2D eigenvalue weighted by Crippen LogP contribution is -2.22. The van der Waals surface area contributed by atoms with E-state index in [1.807, 2.05) is 0 Å². The third kappa shape index (κ3) is 2.37. The average molecular weight is 207 g/mol. The van der Waals surface area contributed by atoms with Crippen molar-refractivity contribution in [2.75, 3.05) is 0 Å². The van der Waals surface area contributed by atoms with Crippen LogP contribution in [-0.2, 0) is 6.54 Å². The summed E-state index contributed by atoms with van der Waals surface area (Å²) in [6.07, 6.45) is 8.09. The van der Waals surface area contributed by atoms with Crippen molar-refractivity contribution in [3.8, 4) is 0 Å². The average Bonchev–Trinajstić information content (AvgIpc) is 2.67. The number of primary amides is 1. The van der Waals surface area contributed by atoms with E-state index in [0.29, 0.717) is 11.6 Å². The molecule has 82 valence electrons. The molecule has 1 aliphatic rings. The highest BCUT2D eigenvalue weighted by Gasteiger charge is 2.16. The van der Waals surface area contributed by atoms with Gasteiger partial charge in [0.1, 0.15) is 5.69 Å². The van der Waals surface area contributed by atoms with Gasteiger partial charge in [0.2, 0.25) is 0 Å². The van der Waals surface area contributed by atoms with Gasteiger partial charge in [-0.05, 0) is 24.8 Å². The Hall–Kier alpha value is -1.32. The third-order valence-electron chi connectivity index (χ3n) is 3.12. The molecule has 1 aromatic rings. The second kappa shape index (κ2) is 4.47. The van der Waals surface area contributed by atoms with Crippen LogP contribution in [0, 0.1) is 5.92 Å². The first-order valence-corrected chi connectivity index (χ1v) is 5.59. The number of rotatable bonds is 3. The zero-order chi connectivity index (χ0) is 10.7. The Balaban J connectivity index is 2.03. The summed E-state index contributed by atoms with van der Waals surface area (Å²) in [6, 6.07) is 1.69. The van der Waals surface area contributed by atoms with Crippen molar-refractivity contribution >= 4 is 5.91 Å². The minimum Gasteiger partial charge on any atom is -0.364 e. The van der Waals surface area contributed by atoms with Gasteiger partial charge in [-0.15, -0.1) is 0 Å².